The third-order valence-corrected chi connectivity index (χ3v) is 1.98. The fraction of sp³-hybridized carbons (Fsp3) is 0.200. The van der Waals surface area contributed by atoms with Crippen LogP contribution in [0.4, 0.5) is 10.1 Å². The summed E-state index contributed by atoms with van der Waals surface area (Å²) in [7, 11) is 1.53. The zero-order valence-electron chi connectivity index (χ0n) is 8.61. The molecule has 0 saturated carbocycles. The molecule has 0 bridgehead atoms. The fourth-order valence-corrected chi connectivity index (χ4v) is 1.24. The second-order valence-corrected chi connectivity index (χ2v) is 3.19. The molecule has 1 heterocycles. The highest BCUT2D eigenvalue weighted by atomic mass is 19.1. The van der Waals surface area contributed by atoms with Gasteiger partial charge in [-0.2, -0.15) is 4.98 Å². The van der Waals surface area contributed by atoms with Gasteiger partial charge in [-0.05, 0) is 18.2 Å². The van der Waals surface area contributed by atoms with Crippen LogP contribution < -0.4 is 5.73 Å². The molecule has 0 radical (unpaired) electrons. The first-order valence-electron chi connectivity index (χ1n) is 4.57. The van der Waals surface area contributed by atoms with Gasteiger partial charge in [0.25, 0.3) is 5.89 Å². The number of nitrogens with zero attached hydrogens (tertiary/aromatic N) is 2. The van der Waals surface area contributed by atoms with E-state index in [4.69, 9.17) is 15.0 Å². The highest BCUT2D eigenvalue weighted by molar-refractivity contribution is 5.59. The molecule has 0 aliphatic carbocycles. The van der Waals surface area contributed by atoms with Gasteiger partial charge in [0.2, 0.25) is 0 Å². The average molecular weight is 223 g/mol. The number of rotatable bonds is 3. The van der Waals surface area contributed by atoms with E-state index in [1.807, 2.05) is 0 Å². The van der Waals surface area contributed by atoms with E-state index >= 15 is 0 Å². The normalized spacial score (nSPS) is 10.6. The summed E-state index contributed by atoms with van der Waals surface area (Å²) in [5, 5.41) is 3.69. The molecule has 0 amide bonds. The van der Waals surface area contributed by atoms with Crippen LogP contribution in [0.3, 0.4) is 0 Å². The lowest BCUT2D eigenvalue weighted by Crippen LogP contribution is -1.91. The summed E-state index contributed by atoms with van der Waals surface area (Å²) in [6, 6.07) is 4.22. The summed E-state index contributed by atoms with van der Waals surface area (Å²) in [6.07, 6.45) is 0. The van der Waals surface area contributed by atoms with Crippen LogP contribution >= 0.6 is 0 Å². The Labute approximate surface area is 91.0 Å². The predicted octanol–water partition coefficient (Wildman–Crippen LogP) is 1.60. The van der Waals surface area contributed by atoms with Crippen molar-refractivity contribution in [1.82, 2.24) is 10.1 Å². The van der Waals surface area contributed by atoms with Crippen LogP contribution in [0.2, 0.25) is 0 Å². The Kier molecular flexibility index (Phi) is 2.82. The quantitative estimate of drug-likeness (QED) is 0.800. The van der Waals surface area contributed by atoms with Crippen molar-refractivity contribution < 1.29 is 13.7 Å². The van der Waals surface area contributed by atoms with E-state index in [1.165, 1.54) is 25.3 Å². The Balaban J connectivity index is 2.31. The van der Waals surface area contributed by atoms with Crippen molar-refractivity contribution in [3.05, 3.63) is 29.8 Å². The van der Waals surface area contributed by atoms with Crippen molar-refractivity contribution >= 4 is 5.69 Å². The average Bonchev–Trinajstić information content (AvgIpc) is 2.71. The first-order valence-corrected chi connectivity index (χ1v) is 4.57. The molecule has 0 saturated heterocycles. The summed E-state index contributed by atoms with van der Waals surface area (Å²) >= 11 is 0. The summed E-state index contributed by atoms with van der Waals surface area (Å²) in [6.45, 7) is 0.264. The van der Waals surface area contributed by atoms with Gasteiger partial charge in [-0.25, -0.2) is 4.39 Å². The van der Waals surface area contributed by atoms with Crippen LogP contribution in [-0.2, 0) is 11.3 Å². The highest BCUT2D eigenvalue weighted by Gasteiger charge is 2.10. The number of nitrogens with two attached hydrogens (primary N) is 1. The first-order chi connectivity index (χ1) is 7.70. The summed E-state index contributed by atoms with van der Waals surface area (Å²) in [5.41, 5.74) is 6.06. The molecule has 6 heteroatoms. The Morgan fingerprint density at radius 2 is 2.31 bits per heavy atom. The second kappa shape index (κ2) is 4.28. The van der Waals surface area contributed by atoms with Gasteiger partial charge >= 0.3 is 0 Å². The number of hydrogen-bond donors (Lipinski definition) is 1. The number of nitrogen functional groups attached to an aromatic ring is 1. The minimum absolute atomic E-state index is 0.0454. The molecular formula is C10H10FN3O2. The molecule has 0 unspecified atom stereocenters. The van der Waals surface area contributed by atoms with Crippen molar-refractivity contribution in [2.24, 2.45) is 0 Å². The lowest BCUT2D eigenvalue weighted by Gasteiger charge is -1.97. The van der Waals surface area contributed by atoms with Gasteiger partial charge < -0.3 is 15.0 Å². The third kappa shape index (κ3) is 2.01. The number of ether oxygens (including phenoxy) is 1. The standard InChI is InChI=1S/C10H10FN3O2/c1-15-5-9-13-10(16-14-9)6-2-3-7(11)8(12)4-6/h2-4H,5,12H2,1H3. The van der Waals surface area contributed by atoms with E-state index < -0.39 is 5.82 Å². The van der Waals surface area contributed by atoms with Crippen LogP contribution in [0, 0.1) is 5.82 Å². The van der Waals surface area contributed by atoms with Gasteiger partial charge in [-0.1, -0.05) is 5.16 Å². The number of hydrogen-bond acceptors (Lipinski definition) is 5. The molecule has 16 heavy (non-hydrogen) atoms. The SMILES string of the molecule is COCc1noc(-c2ccc(F)c(N)c2)n1. The third-order valence-electron chi connectivity index (χ3n) is 1.98. The maximum atomic E-state index is 12.9. The Bertz CT molecular complexity index is 499. The van der Waals surface area contributed by atoms with Gasteiger partial charge in [-0.15, -0.1) is 0 Å². The zero-order valence-corrected chi connectivity index (χ0v) is 8.61. The Morgan fingerprint density at radius 1 is 1.50 bits per heavy atom. The van der Waals surface area contributed by atoms with Crippen molar-refractivity contribution in [1.29, 1.82) is 0 Å². The van der Waals surface area contributed by atoms with Crippen LogP contribution in [0.25, 0.3) is 11.5 Å². The predicted molar refractivity (Wildman–Crippen MR) is 54.8 cm³/mol. The molecule has 0 fully saturated rings. The van der Waals surface area contributed by atoms with Crippen LogP contribution in [0.15, 0.2) is 22.7 Å². The number of aromatic nitrogens is 2. The van der Waals surface area contributed by atoms with Crippen molar-refractivity contribution in [2.75, 3.05) is 12.8 Å². The van der Waals surface area contributed by atoms with E-state index in [1.54, 1.807) is 0 Å². The summed E-state index contributed by atoms with van der Waals surface area (Å²) in [5.74, 6) is 0.250. The van der Waals surface area contributed by atoms with E-state index in [9.17, 15) is 4.39 Å². The largest absolute Gasteiger partial charge is 0.396 e. The molecule has 0 atom stereocenters. The summed E-state index contributed by atoms with van der Waals surface area (Å²) < 4.78 is 22.8. The minimum atomic E-state index is -0.472. The molecule has 2 aromatic rings. The smallest absolute Gasteiger partial charge is 0.258 e. The van der Waals surface area contributed by atoms with Gasteiger partial charge in [-0.3, -0.25) is 0 Å². The molecule has 0 spiro atoms. The van der Waals surface area contributed by atoms with Gasteiger partial charge in [0.05, 0.1) is 5.69 Å². The molecule has 1 aromatic heterocycles. The minimum Gasteiger partial charge on any atom is -0.396 e. The number of anilines is 1. The molecule has 84 valence electrons. The Hall–Kier alpha value is -1.95. The molecule has 2 N–H and O–H groups in total. The lowest BCUT2D eigenvalue weighted by atomic mass is 10.2. The number of benzene rings is 1. The molecule has 0 aliphatic rings. The van der Waals surface area contributed by atoms with Crippen molar-refractivity contribution in [3.8, 4) is 11.5 Å². The first kappa shape index (κ1) is 10.6. The number of halogens is 1. The van der Waals surface area contributed by atoms with Crippen molar-refractivity contribution in [3.63, 3.8) is 0 Å². The van der Waals surface area contributed by atoms with Crippen LogP contribution in [0.1, 0.15) is 5.82 Å². The van der Waals surface area contributed by atoms with E-state index in [0.29, 0.717) is 17.3 Å². The van der Waals surface area contributed by atoms with Crippen molar-refractivity contribution in [2.45, 2.75) is 6.61 Å². The van der Waals surface area contributed by atoms with E-state index in [-0.39, 0.29) is 12.3 Å². The topological polar surface area (TPSA) is 74.2 Å². The van der Waals surface area contributed by atoms with Gasteiger partial charge in [0, 0.05) is 12.7 Å². The molecular weight excluding hydrogens is 213 g/mol. The van der Waals surface area contributed by atoms with Crippen LogP contribution in [-0.4, -0.2) is 17.3 Å². The number of methoxy groups -OCH3 is 1. The Morgan fingerprint density at radius 3 is 3.00 bits per heavy atom. The second-order valence-electron chi connectivity index (χ2n) is 3.19. The maximum absolute atomic E-state index is 12.9. The van der Waals surface area contributed by atoms with Gasteiger partial charge in [0.1, 0.15) is 12.4 Å². The molecule has 0 aliphatic heterocycles. The molecule has 1 aromatic carbocycles. The maximum Gasteiger partial charge on any atom is 0.258 e. The van der Waals surface area contributed by atoms with Crippen LogP contribution in [0.5, 0.6) is 0 Å². The fourth-order valence-electron chi connectivity index (χ4n) is 1.24. The summed E-state index contributed by atoms with van der Waals surface area (Å²) in [4.78, 5) is 4.06. The van der Waals surface area contributed by atoms with E-state index in [2.05, 4.69) is 10.1 Å². The molecule has 5 nitrogen and oxygen atoms in total. The van der Waals surface area contributed by atoms with Gasteiger partial charge in [0.15, 0.2) is 5.82 Å². The van der Waals surface area contributed by atoms with E-state index in [0.717, 1.165) is 0 Å². The lowest BCUT2D eigenvalue weighted by molar-refractivity contribution is 0.174. The zero-order chi connectivity index (χ0) is 11.5. The monoisotopic (exact) mass is 223 g/mol. The molecule has 2 rings (SSSR count). The highest BCUT2D eigenvalue weighted by Crippen LogP contribution is 2.21.